The first-order chi connectivity index (χ1) is 13.3. The highest BCUT2D eigenvalue weighted by molar-refractivity contribution is 5.84. The molecule has 0 aromatic heterocycles. The highest BCUT2D eigenvalue weighted by Gasteiger charge is 2.26. The Morgan fingerprint density at radius 2 is 1.57 bits per heavy atom. The van der Waals surface area contributed by atoms with Crippen molar-refractivity contribution in [3.05, 3.63) is 35.9 Å². The Bertz CT molecular complexity index is 652. The molecule has 1 aromatic rings. The van der Waals surface area contributed by atoms with Gasteiger partial charge in [0, 0.05) is 6.54 Å². The lowest BCUT2D eigenvalue weighted by Crippen LogP contribution is -2.51. The number of benzene rings is 1. The molecule has 0 aliphatic rings. The molecule has 0 radical (unpaired) electrons. The zero-order chi connectivity index (χ0) is 20.9. The van der Waals surface area contributed by atoms with Gasteiger partial charge in [0.15, 0.2) is 0 Å². The number of nitrogens with two attached hydrogens (primary N) is 3. The standard InChI is InChI=1S/C18H27N5O5/c19-15(24)10-23(11-16(20)25)14(17(21)26)8-4-5-9-22-18(27)28-12-13-6-2-1-3-7-13/h1-3,6-7,14H,4-5,8-12H2,(H2,19,24)(H2,20,25)(H2,21,26)(H,22,27). The Labute approximate surface area is 163 Å². The minimum Gasteiger partial charge on any atom is -0.445 e. The quantitative estimate of drug-likeness (QED) is 0.320. The summed E-state index contributed by atoms with van der Waals surface area (Å²) in [6.45, 7) is -0.0996. The lowest BCUT2D eigenvalue weighted by Gasteiger charge is -2.27. The van der Waals surface area contributed by atoms with Crippen molar-refractivity contribution in [3.63, 3.8) is 0 Å². The number of hydrogen-bond donors (Lipinski definition) is 4. The van der Waals surface area contributed by atoms with Gasteiger partial charge >= 0.3 is 6.09 Å². The third kappa shape index (κ3) is 9.53. The van der Waals surface area contributed by atoms with E-state index in [-0.39, 0.29) is 26.1 Å². The van der Waals surface area contributed by atoms with Gasteiger partial charge in [-0.05, 0) is 24.8 Å². The van der Waals surface area contributed by atoms with Crippen LogP contribution in [0.1, 0.15) is 24.8 Å². The van der Waals surface area contributed by atoms with Crippen LogP contribution in [-0.4, -0.2) is 54.4 Å². The highest BCUT2D eigenvalue weighted by atomic mass is 16.5. The fraction of sp³-hybridized carbons (Fsp3) is 0.444. The minimum absolute atomic E-state index is 0.172. The van der Waals surface area contributed by atoms with E-state index in [0.29, 0.717) is 19.4 Å². The third-order valence-corrected chi connectivity index (χ3v) is 3.87. The van der Waals surface area contributed by atoms with Gasteiger partial charge in [-0.15, -0.1) is 0 Å². The monoisotopic (exact) mass is 393 g/mol. The summed E-state index contributed by atoms with van der Waals surface area (Å²) in [6.07, 6.45) is 0.807. The van der Waals surface area contributed by atoms with E-state index < -0.39 is 29.9 Å². The van der Waals surface area contributed by atoms with E-state index in [2.05, 4.69) is 5.32 Å². The van der Waals surface area contributed by atoms with E-state index in [4.69, 9.17) is 21.9 Å². The van der Waals surface area contributed by atoms with Crippen molar-refractivity contribution < 1.29 is 23.9 Å². The number of primary amides is 3. The van der Waals surface area contributed by atoms with Crippen molar-refractivity contribution in [3.8, 4) is 0 Å². The molecule has 0 saturated carbocycles. The minimum atomic E-state index is -0.856. The van der Waals surface area contributed by atoms with Gasteiger partial charge in [-0.25, -0.2) is 4.79 Å². The largest absolute Gasteiger partial charge is 0.445 e. The second-order valence-corrected chi connectivity index (χ2v) is 6.24. The number of ether oxygens (including phenoxy) is 1. The van der Waals surface area contributed by atoms with Gasteiger partial charge in [-0.1, -0.05) is 30.3 Å². The predicted molar refractivity (Wildman–Crippen MR) is 101 cm³/mol. The highest BCUT2D eigenvalue weighted by Crippen LogP contribution is 2.09. The summed E-state index contributed by atoms with van der Waals surface area (Å²) in [4.78, 5) is 46.9. The molecule has 1 aromatic carbocycles. The van der Waals surface area contributed by atoms with Crippen LogP contribution in [0.3, 0.4) is 0 Å². The molecule has 1 unspecified atom stereocenters. The number of amides is 4. The first-order valence-electron chi connectivity index (χ1n) is 8.84. The molecule has 0 aliphatic carbocycles. The molecule has 10 nitrogen and oxygen atoms in total. The van der Waals surface area contributed by atoms with E-state index in [1.807, 2.05) is 30.3 Å². The van der Waals surface area contributed by atoms with Crippen molar-refractivity contribution in [2.45, 2.75) is 31.9 Å². The molecule has 0 aliphatic heterocycles. The van der Waals surface area contributed by atoms with Crippen molar-refractivity contribution in [1.82, 2.24) is 10.2 Å². The number of nitrogens with zero attached hydrogens (tertiary/aromatic N) is 1. The predicted octanol–water partition coefficient (Wildman–Crippen LogP) is -0.790. The molecular weight excluding hydrogens is 366 g/mol. The molecule has 0 fully saturated rings. The Morgan fingerprint density at radius 1 is 0.964 bits per heavy atom. The number of carbonyl (C=O) groups is 4. The maximum Gasteiger partial charge on any atom is 0.407 e. The molecule has 28 heavy (non-hydrogen) atoms. The van der Waals surface area contributed by atoms with Gasteiger partial charge in [-0.2, -0.15) is 0 Å². The average Bonchev–Trinajstić information content (AvgIpc) is 2.62. The van der Waals surface area contributed by atoms with Crippen LogP contribution >= 0.6 is 0 Å². The lowest BCUT2D eigenvalue weighted by atomic mass is 10.1. The molecule has 0 spiro atoms. The summed E-state index contributed by atoms with van der Waals surface area (Å²) in [6, 6.07) is 8.42. The van der Waals surface area contributed by atoms with E-state index in [1.54, 1.807) is 0 Å². The van der Waals surface area contributed by atoms with E-state index in [1.165, 1.54) is 4.90 Å². The molecule has 154 valence electrons. The van der Waals surface area contributed by atoms with Crippen molar-refractivity contribution in [2.24, 2.45) is 17.2 Å². The molecule has 7 N–H and O–H groups in total. The fourth-order valence-corrected chi connectivity index (χ4v) is 2.61. The summed E-state index contributed by atoms with van der Waals surface area (Å²) in [5.41, 5.74) is 16.5. The number of carbonyl (C=O) groups excluding carboxylic acids is 4. The molecule has 4 amide bonds. The molecule has 0 heterocycles. The smallest absolute Gasteiger partial charge is 0.407 e. The first-order valence-corrected chi connectivity index (χ1v) is 8.84. The van der Waals surface area contributed by atoms with Crippen LogP contribution in [0.2, 0.25) is 0 Å². The van der Waals surface area contributed by atoms with Crippen molar-refractivity contribution in [1.29, 1.82) is 0 Å². The number of alkyl carbamates (subject to hydrolysis) is 1. The Hall–Kier alpha value is -3.14. The zero-order valence-electron chi connectivity index (χ0n) is 15.6. The second-order valence-electron chi connectivity index (χ2n) is 6.24. The van der Waals surface area contributed by atoms with Gasteiger partial charge in [0.25, 0.3) is 0 Å². The summed E-state index contributed by atoms with van der Waals surface area (Å²) < 4.78 is 5.08. The number of hydrogen-bond acceptors (Lipinski definition) is 6. The summed E-state index contributed by atoms with van der Waals surface area (Å²) in [7, 11) is 0. The van der Waals surface area contributed by atoms with Crippen LogP contribution in [-0.2, 0) is 25.7 Å². The van der Waals surface area contributed by atoms with Gasteiger partial charge in [-0.3, -0.25) is 19.3 Å². The normalized spacial score (nSPS) is 11.6. The van der Waals surface area contributed by atoms with Gasteiger partial charge in [0.05, 0.1) is 19.1 Å². The Morgan fingerprint density at radius 3 is 2.11 bits per heavy atom. The maximum absolute atomic E-state index is 11.7. The van der Waals surface area contributed by atoms with Gasteiger partial charge < -0.3 is 27.3 Å². The van der Waals surface area contributed by atoms with Gasteiger partial charge in [0.1, 0.15) is 6.61 Å². The zero-order valence-corrected chi connectivity index (χ0v) is 15.6. The van der Waals surface area contributed by atoms with Crippen LogP contribution in [0.4, 0.5) is 4.79 Å². The average molecular weight is 393 g/mol. The number of unbranched alkanes of at least 4 members (excludes halogenated alkanes) is 1. The van der Waals surface area contributed by atoms with Crippen LogP contribution in [0.5, 0.6) is 0 Å². The van der Waals surface area contributed by atoms with Crippen LogP contribution in [0.15, 0.2) is 30.3 Å². The molecule has 0 bridgehead atoms. The SMILES string of the molecule is NC(=O)CN(CC(N)=O)C(CCCCNC(=O)OCc1ccccc1)C(N)=O. The van der Waals surface area contributed by atoms with E-state index in [9.17, 15) is 19.2 Å². The first kappa shape index (κ1) is 22.9. The molecular formula is C18H27N5O5. The van der Waals surface area contributed by atoms with Crippen LogP contribution in [0.25, 0.3) is 0 Å². The fourth-order valence-electron chi connectivity index (χ4n) is 2.61. The lowest BCUT2D eigenvalue weighted by molar-refractivity contribution is -0.128. The van der Waals surface area contributed by atoms with Crippen molar-refractivity contribution >= 4 is 23.8 Å². The van der Waals surface area contributed by atoms with E-state index >= 15 is 0 Å². The van der Waals surface area contributed by atoms with E-state index in [0.717, 1.165) is 5.56 Å². The maximum atomic E-state index is 11.7. The van der Waals surface area contributed by atoms with Crippen molar-refractivity contribution in [2.75, 3.05) is 19.6 Å². The molecule has 1 rings (SSSR count). The third-order valence-electron chi connectivity index (χ3n) is 3.87. The number of rotatable bonds is 13. The van der Waals surface area contributed by atoms with Crippen LogP contribution in [0, 0.1) is 0 Å². The summed E-state index contributed by atoms with van der Waals surface area (Å²) in [5.74, 6) is -2.08. The summed E-state index contributed by atoms with van der Waals surface area (Å²) in [5, 5.41) is 2.61. The van der Waals surface area contributed by atoms with Gasteiger partial charge in [0.2, 0.25) is 17.7 Å². The van der Waals surface area contributed by atoms with Crippen LogP contribution < -0.4 is 22.5 Å². The molecule has 1 atom stereocenters. The topological polar surface area (TPSA) is 171 Å². The Balaban J connectivity index is 2.35. The number of nitrogens with one attached hydrogen (secondary N) is 1. The molecule has 10 heteroatoms. The second kappa shape index (κ2) is 12.3. The molecule has 0 saturated heterocycles. The Kier molecular flexibility index (Phi) is 10.0. The summed E-state index contributed by atoms with van der Waals surface area (Å²) >= 11 is 0.